The van der Waals surface area contributed by atoms with Gasteiger partial charge in [0.2, 0.25) is 6.29 Å². The van der Waals surface area contributed by atoms with Crippen molar-refractivity contribution in [3.63, 3.8) is 0 Å². The lowest BCUT2D eigenvalue weighted by Crippen LogP contribution is -2.24. The Kier molecular flexibility index (Phi) is 3.82. The van der Waals surface area contributed by atoms with Gasteiger partial charge in [-0.05, 0) is 19.1 Å². The number of para-hydroxylation sites is 1. The number of hydrogen-bond acceptors (Lipinski definition) is 4. The maximum Gasteiger partial charge on any atom is 0.266 e. The van der Waals surface area contributed by atoms with Crippen molar-refractivity contribution >= 4 is 5.91 Å². The van der Waals surface area contributed by atoms with Crippen LogP contribution in [0.1, 0.15) is 29.2 Å². The Labute approximate surface area is 110 Å². The quantitative estimate of drug-likeness (QED) is 0.699. The molecule has 2 atom stereocenters. The standard InChI is InChI=1S/C13H15N3O3/c1-8(12-15-7-10(16-12)11(14)17)13(18)19-9-5-3-2-4-6-9/h2-8,13,18H,1H3,(H2,14,17)(H,15,16). The fourth-order valence-corrected chi connectivity index (χ4v) is 1.57. The van der Waals surface area contributed by atoms with E-state index in [1.165, 1.54) is 6.20 Å². The number of hydrogen-bond donors (Lipinski definition) is 3. The number of nitrogens with zero attached hydrogens (tertiary/aromatic N) is 1. The first-order chi connectivity index (χ1) is 9.08. The summed E-state index contributed by atoms with van der Waals surface area (Å²) in [5, 5.41) is 9.97. The first-order valence-electron chi connectivity index (χ1n) is 5.82. The highest BCUT2D eigenvalue weighted by molar-refractivity contribution is 5.90. The predicted molar refractivity (Wildman–Crippen MR) is 68.6 cm³/mol. The number of carbonyl (C=O) groups excluding carboxylic acids is 1. The van der Waals surface area contributed by atoms with E-state index in [0.717, 1.165) is 0 Å². The summed E-state index contributed by atoms with van der Waals surface area (Å²) < 4.78 is 5.38. The number of amides is 1. The van der Waals surface area contributed by atoms with Crippen LogP contribution in [0.25, 0.3) is 0 Å². The highest BCUT2D eigenvalue weighted by atomic mass is 16.6. The highest BCUT2D eigenvalue weighted by Crippen LogP contribution is 2.20. The van der Waals surface area contributed by atoms with E-state index >= 15 is 0 Å². The fraction of sp³-hybridized carbons (Fsp3) is 0.231. The lowest BCUT2D eigenvalue weighted by atomic mass is 10.1. The Balaban J connectivity index is 2.06. The van der Waals surface area contributed by atoms with Gasteiger partial charge < -0.3 is 20.6 Å². The summed E-state index contributed by atoms with van der Waals surface area (Å²) in [7, 11) is 0. The van der Waals surface area contributed by atoms with E-state index in [0.29, 0.717) is 11.6 Å². The number of rotatable bonds is 5. The largest absolute Gasteiger partial charge is 0.464 e. The number of ether oxygens (including phenoxy) is 1. The number of imidazole rings is 1. The Hall–Kier alpha value is -2.34. The van der Waals surface area contributed by atoms with Gasteiger partial charge in [0.1, 0.15) is 17.3 Å². The number of aliphatic hydroxyl groups excluding tert-OH is 1. The molecular formula is C13H15N3O3. The van der Waals surface area contributed by atoms with Gasteiger partial charge in [0.25, 0.3) is 5.91 Å². The molecule has 1 aromatic carbocycles. The fourth-order valence-electron chi connectivity index (χ4n) is 1.57. The van der Waals surface area contributed by atoms with E-state index in [2.05, 4.69) is 9.97 Å². The zero-order chi connectivity index (χ0) is 13.8. The van der Waals surface area contributed by atoms with Gasteiger partial charge in [0.15, 0.2) is 0 Å². The number of carbonyl (C=O) groups is 1. The van der Waals surface area contributed by atoms with Crippen molar-refractivity contribution in [2.45, 2.75) is 19.1 Å². The van der Waals surface area contributed by atoms with Crippen LogP contribution in [0.5, 0.6) is 5.75 Å². The smallest absolute Gasteiger partial charge is 0.266 e. The Morgan fingerprint density at radius 2 is 2.11 bits per heavy atom. The third kappa shape index (κ3) is 3.11. The summed E-state index contributed by atoms with van der Waals surface area (Å²) in [6.45, 7) is 1.73. The van der Waals surface area contributed by atoms with Gasteiger partial charge in [-0.1, -0.05) is 18.2 Å². The highest BCUT2D eigenvalue weighted by Gasteiger charge is 2.21. The van der Waals surface area contributed by atoms with Crippen LogP contribution in [0.4, 0.5) is 0 Å². The van der Waals surface area contributed by atoms with Crippen molar-refractivity contribution in [3.05, 3.63) is 48.0 Å². The van der Waals surface area contributed by atoms with Crippen LogP contribution in [0, 0.1) is 0 Å². The molecule has 1 amide bonds. The molecule has 100 valence electrons. The number of H-pyrrole nitrogens is 1. The minimum absolute atomic E-state index is 0.203. The molecule has 0 spiro atoms. The van der Waals surface area contributed by atoms with Crippen LogP contribution < -0.4 is 10.5 Å². The Morgan fingerprint density at radius 3 is 2.68 bits per heavy atom. The zero-order valence-corrected chi connectivity index (χ0v) is 10.4. The van der Waals surface area contributed by atoms with E-state index in [1.54, 1.807) is 19.1 Å². The van der Waals surface area contributed by atoms with E-state index in [1.807, 2.05) is 18.2 Å². The number of aromatic nitrogens is 2. The molecule has 0 fully saturated rings. The minimum atomic E-state index is -1.07. The molecule has 0 aliphatic carbocycles. The van der Waals surface area contributed by atoms with Gasteiger partial charge in [0.05, 0.1) is 12.1 Å². The molecular weight excluding hydrogens is 246 g/mol. The number of aliphatic hydroxyl groups is 1. The zero-order valence-electron chi connectivity index (χ0n) is 10.4. The summed E-state index contributed by atoms with van der Waals surface area (Å²) in [4.78, 5) is 17.7. The van der Waals surface area contributed by atoms with E-state index in [9.17, 15) is 9.90 Å². The molecule has 0 radical (unpaired) electrons. The van der Waals surface area contributed by atoms with Crippen LogP contribution >= 0.6 is 0 Å². The number of aromatic amines is 1. The van der Waals surface area contributed by atoms with Crippen LogP contribution in [0.3, 0.4) is 0 Å². The van der Waals surface area contributed by atoms with Crippen LogP contribution in [0.15, 0.2) is 36.5 Å². The average Bonchev–Trinajstić information content (AvgIpc) is 2.88. The summed E-state index contributed by atoms with van der Waals surface area (Å²) >= 11 is 0. The van der Waals surface area contributed by atoms with E-state index < -0.39 is 18.1 Å². The van der Waals surface area contributed by atoms with Crippen molar-refractivity contribution in [1.82, 2.24) is 9.97 Å². The summed E-state index contributed by atoms with van der Waals surface area (Å²) in [5.74, 6) is -0.0153. The van der Waals surface area contributed by atoms with Crippen molar-refractivity contribution in [2.75, 3.05) is 0 Å². The van der Waals surface area contributed by atoms with Gasteiger partial charge >= 0.3 is 0 Å². The summed E-state index contributed by atoms with van der Waals surface area (Å²) in [6.07, 6.45) is 0.262. The molecule has 2 rings (SSSR count). The minimum Gasteiger partial charge on any atom is -0.464 e. The van der Waals surface area contributed by atoms with Crippen molar-refractivity contribution in [3.8, 4) is 5.75 Å². The molecule has 4 N–H and O–H groups in total. The Bertz CT molecular complexity index is 553. The topological polar surface area (TPSA) is 101 Å². The molecule has 0 saturated heterocycles. The van der Waals surface area contributed by atoms with E-state index in [4.69, 9.17) is 10.5 Å². The SMILES string of the molecule is CC(c1ncc(C(N)=O)[nH]1)C(O)Oc1ccccc1. The monoisotopic (exact) mass is 261 g/mol. The molecule has 19 heavy (non-hydrogen) atoms. The number of nitrogens with one attached hydrogen (secondary N) is 1. The molecule has 2 unspecified atom stereocenters. The molecule has 2 aromatic rings. The third-order valence-corrected chi connectivity index (χ3v) is 2.72. The molecule has 0 aliphatic heterocycles. The first kappa shape index (κ1) is 13.1. The van der Waals surface area contributed by atoms with Crippen molar-refractivity contribution in [1.29, 1.82) is 0 Å². The van der Waals surface area contributed by atoms with Gasteiger partial charge in [-0.3, -0.25) is 4.79 Å². The second-order valence-electron chi connectivity index (χ2n) is 4.16. The molecule has 1 aromatic heterocycles. The predicted octanol–water partition coefficient (Wildman–Crippen LogP) is 1.01. The average molecular weight is 261 g/mol. The molecule has 6 nitrogen and oxygen atoms in total. The molecule has 0 aliphatic rings. The van der Waals surface area contributed by atoms with Crippen LogP contribution in [-0.4, -0.2) is 27.3 Å². The lowest BCUT2D eigenvalue weighted by molar-refractivity contribution is -0.0358. The summed E-state index contributed by atoms with van der Waals surface area (Å²) in [6, 6.07) is 8.96. The Morgan fingerprint density at radius 1 is 1.42 bits per heavy atom. The number of nitrogens with two attached hydrogens (primary N) is 1. The molecule has 0 saturated carbocycles. The molecule has 0 bridgehead atoms. The second-order valence-corrected chi connectivity index (χ2v) is 4.16. The lowest BCUT2D eigenvalue weighted by Gasteiger charge is -2.18. The van der Waals surface area contributed by atoms with Crippen LogP contribution in [-0.2, 0) is 0 Å². The summed E-state index contributed by atoms with van der Waals surface area (Å²) in [5.41, 5.74) is 5.33. The second kappa shape index (κ2) is 5.53. The normalized spacial score (nSPS) is 13.8. The van der Waals surface area contributed by atoms with Gasteiger partial charge in [-0.2, -0.15) is 0 Å². The van der Waals surface area contributed by atoms with Gasteiger partial charge in [-0.25, -0.2) is 4.98 Å². The third-order valence-electron chi connectivity index (χ3n) is 2.72. The maximum atomic E-state index is 11.0. The van der Waals surface area contributed by atoms with Gasteiger partial charge in [-0.15, -0.1) is 0 Å². The number of primary amides is 1. The van der Waals surface area contributed by atoms with Gasteiger partial charge in [0, 0.05) is 0 Å². The maximum absolute atomic E-state index is 11.0. The van der Waals surface area contributed by atoms with Crippen molar-refractivity contribution in [2.24, 2.45) is 5.73 Å². The van der Waals surface area contributed by atoms with Crippen molar-refractivity contribution < 1.29 is 14.6 Å². The van der Waals surface area contributed by atoms with E-state index in [-0.39, 0.29) is 5.69 Å². The molecule has 1 heterocycles. The first-order valence-corrected chi connectivity index (χ1v) is 5.82. The molecule has 6 heteroatoms. The number of benzene rings is 1. The van der Waals surface area contributed by atoms with Crippen LogP contribution in [0.2, 0.25) is 0 Å².